The summed E-state index contributed by atoms with van der Waals surface area (Å²) < 4.78 is 0. The average molecular weight is 374 g/mol. The molecule has 148 valence electrons. The van der Waals surface area contributed by atoms with Gasteiger partial charge in [-0.3, -0.25) is 9.59 Å². The summed E-state index contributed by atoms with van der Waals surface area (Å²) in [6.45, 7) is 8.03. The molecular weight excluding hydrogens is 344 g/mol. The maximum atomic E-state index is 12.6. The van der Waals surface area contributed by atoms with Gasteiger partial charge in [-0.1, -0.05) is 39.8 Å². The summed E-state index contributed by atoms with van der Waals surface area (Å²) in [5, 5.41) is 15.3. The Morgan fingerprint density at radius 1 is 1.11 bits per heavy atom. The molecule has 6 nitrogen and oxygen atoms in total. The molecule has 6 heteroatoms. The normalized spacial score (nSPS) is 22.7. The van der Waals surface area contributed by atoms with Crippen molar-refractivity contribution in [1.82, 2.24) is 10.6 Å². The molecule has 0 aliphatic heterocycles. The van der Waals surface area contributed by atoms with Crippen LogP contribution in [0.5, 0.6) is 0 Å². The maximum absolute atomic E-state index is 12.6. The molecule has 1 aliphatic rings. The Morgan fingerprint density at radius 3 is 2.15 bits per heavy atom. The second-order valence-corrected chi connectivity index (χ2v) is 8.65. The van der Waals surface area contributed by atoms with Gasteiger partial charge in [-0.25, -0.2) is 4.79 Å². The van der Waals surface area contributed by atoms with E-state index in [1.165, 1.54) is 0 Å². The molecule has 2 rings (SSSR count). The summed E-state index contributed by atoms with van der Waals surface area (Å²) in [6.07, 6.45) is 2.48. The van der Waals surface area contributed by atoms with Crippen molar-refractivity contribution in [3.05, 3.63) is 35.4 Å². The summed E-state index contributed by atoms with van der Waals surface area (Å²) >= 11 is 0. The number of aliphatic carboxylic acids is 1. The number of amides is 2. The highest BCUT2D eigenvalue weighted by Gasteiger charge is 2.42. The highest BCUT2D eigenvalue weighted by atomic mass is 16.4. The van der Waals surface area contributed by atoms with E-state index in [2.05, 4.69) is 17.6 Å². The quantitative estimate of drug-likeness (QED) is 0.738. The lowest BCUT2D eigenvalue weighted by molar-refractivity contribution is -0.146. The van der Waals surface area contributed by atoms with Crippen LogP contribution in [0, 0.1) is 11.3 Å². The number of nitrogens with one attached hydrogen (secondary N) is 2. The van der Waals surface area contributed by atoms with E-state index in [-0.39, 0.29) is 11.8 Å². The molecule has 0 unspecified atom stereocenters. The molecule has 1 aromatic rings. The average Bonchev–Trinajstić information content (AvgIpc) is 2.61. The Morgan fingerprint density at radius 2 is 1.67 bits per heavy atom. The van der Waals surface area contributed by atoms with E-state index in [1.807, 2.05) is 20.8 Å². The van der Waals surface area contributed by atoms with Gasteiger partial charge in [0.1, 0.15) is 5.54 Å². The Labute approximate surface area is 160 Å². The third-order valence-electron chi connectivity index (χ3n) is 5.24. The van der Waals surface area contributed by atoms with Gasteiger partial charge in [0.05, 0.1) is 0 Å². The first-order chi connectivity index (χ1) is 12.5. The lowest BCUT2D eigenvalue weighted by Gasteiger charge is -2.36. The van der Waals surface area contributed by atoms with Gasteiger partial charge in [0.2, 0.25) is 5.91 Å². The minimum atomic E-state index is -1.18. The van der Waals surface area contributed by atoms with Crippen LogP contribution in [0.25, 0.3) is 0 Å². The molecular formula is C21H30N2O4. The zero-order valence-corrected chi connectivity index (χ0v) is 16.6. The van der Waals surface area contributed by atoms with Crippen LogP contribution in [0.2, 0.25) is 0 Å². The zero-order chi connectivity index (χ0) is 20.2. The third-order valence-corrected chi connectivity index (χ3v) is 5.24. The summed E-state index contributed by atoms with van der Waals surface area (Å²) in [5.41, 5.74) is -0.338. The zero-order valence-electron chi connectivity index (χ0n) is 16.6. The van der Waals surface area contributed by atoms with E-state index in [0.29, 0.717) is 30.9 Å². The van der Waals surface area contributed by atoms with Crippen LogP contribution >= 0.6 is 0 Å². The minimum Gasteiger partial charge on any atom is -0.480 e. The number of hydrogen-bond acceptors (Lipinski definition) is 3. The molecule has 0 saturated heterocycles. The molecule has 0 atom stereocenters. The highest BCUT2D eigenvalue weighted by Crippen LogP contribution is 2.32. The fourth-order valence-electron chi connectivity index (χ4n) is 3.16. The molecule has 27 heavy (non-hydrogen) atoms. The first kappa shape index (κ1) is 20.9. The van der Waals surface area contributed by atoms with E-state index in [9.17, 15) is 19.5 Å². The Bertz CT molecular complexity index is 696. The van der Waals surface area contributed by atoms with Crippen molar-refractivity contribution in [2.24, 2.45) is 11.3 Å². The Balaban J connectivity index is 2.00. The fourth-order valence-corrected chi connectivity index (χ4v) is 3.16. The SMILES string of the molecule is CC1CCC(NC(=O)c2ccc(CNC(=O)C(C)(C)C)cc2)(C(=O)O)CC1. The second kappa shape index (κ2) is 8.11. The van der Waals surface area contributed by atoms with E-state index in [4.69, 9.17) is 0 Å². The Hall–Kier alpha value is -2.37. The topological polar surface area (TPSA) is 95.5 Å². The smallest absolute Gasteiger partial charge is 0.329 e. The van der Waals surface area contributed by atoms with Crippen molar-refractivity contribution in [2.75, 3.05) is 0 Å². The van der Waals surface area contributed by atoms with E-state index in [1.54, 1.807) is 24.3 Å². The molecule has 1 aromatic carbocycles. The van der Waals surface area contributed by atoms with Crippen molar-refractivity contribution in [3.63, 3.8) is 0 Å². The molecule has 0 radical (unpaired) electrons. The summed E-state index contributed by atoms with van der Waals surface area (Å²) in [7, 11) is 0. The lowest BCUT2D eigenvalue weighted by atomic mass is 9.77. The van der Waals surface area contributed by atoms with Crippen LogP contribution in [0.3, 0.4) is 0 Å². The van der Waals surface area contributed by atoms with Crippen molar-refractivity contribution in [2.45, 2.75) is 65.5 Å². The first-order valence-corrected chi connectivity index (χ1v) is 9.47. The molecule has 0 aromatic heterocycles. The van der Waals surface area contributed by atoms with E-state index in [0.717, 1.165) is 18.4 Å². The standard InChI is InChI=1S/C21H30N2O4/c1-14-9-11-21(12-10-14,19(26)27)23-17(24)16-7-5-15(6-8-16)13-22-18(25)20(2,3)4/h5-8,14H,9-13H2,1-4H3,(H,22,25)(H,23,24)(H,26,27). The van der Waals surface area contributed by atoms with Crippen LogP contribution in [0.4, 0.5) is 0 Å². The summed E-state index contributed by atoms with van der Waals surface area (Å²) in [6, 6.07) is 6.87. The van der Waals surface area contributed by atoms with E-state index >= 15 is 0 Å². The van der Waals surface area contributed by atoms with Crippen LogP contribution < -0.4 is 10.6 Å². The number of carbonyl (C=O) groups excluding carboxylic acids is 2. The molecule has 2 amide bonds. The minimum absolute atomic E-state index is 0.0424. The number of benzene rings is 1. The highest BCUT2D eigenvalue weighted by molar-refractivity contribution is 5.98. The molecule has 1 saturated carbocycles. The van der Waals surface area contributed by atoms with Crippen LogP contribution in [-0.2, 0) is 16.1 Å². The molecule has 1 fully saturated rings. The molecule has 0 spiro atoms. The number of carboxylic acids is 1. The Kier molecular flexibility index (Phi) is 6.29. The number of hydrogen-bond donors (Lipinski definition) is 3. The molecule has 1 aliphatic carbocycles. The van der Waals surface area contributed by atoms with Crippen LogP contribution in [-0.4, -0.2) is 28.4 Å². The van der Waals surface area contributed by atoms with Crippen molar-refractivity contribution < 1.29 is 19.5 Å². The van der Waals surface area contributed by atoms with Crippen molar-refractivity contribution in [3.8, 4) is 0 Å². The second-order valence-electron chi connectivity index (χ2n) is 8.65. The van der Waals surface area contributed by atoms with Gasteiger partial charge in [-0.2, -0.15) is 0 Å². The first-order valence-electron chi connectivity index (χ1n) is 9.47. The number of rotatable bonds is 5. The summed E-state index contributed by atoms with van der Waals surface area (Å²) in [5.74, 6) is -0.905. The largest absolute Gasteiger partial charge is 0.480 e. The van der Waals surface area contributed by atoms with Gasteiger partial charge in [0.25, 0.3) is 5.91 Å². The predicted molar refractivity (Wildman–Crippen MR) is 103 cm³/mol. The molecule has 3 N–H and O–H groups in total. The van der Waals surface area contributed by atoms with Gasteiger partial charge in [-0.15, -0.1) is 0 Å². The van der Waals surface area contributed by atoms with Crippen molar-refractivity contribution in [1.29, 1.82) is 0 Å². The van der Waals surface area contributed by atoms with Gasteiger partial charge in [0.15, 0.2) is 0 Å². The van der Waals surface area contributed by atoms with E-state index < -0.39 is 16.9 Å². The van der Waals surface area contributed by atoms with Crippen molar-refractivity contribution >= 4 is 17.8 Å². The predicted octanol–water partition coefficient (Wildman–Crippen LogP) is 3.11. The maximum Gasteiger partial charge on any atom is 0.329 e. The summed E-state index contributed by atoms with van der Waals surface area (Å²) in [4.78, 5) is 36.3. The molecule has 0 bridgehead atoms. The number of carboxylic acid groups (broad SMARTS) is 1. The van der Waals surface area contributed by atoms with Gasteiger partial charge in [0, 0.05) is 17.5 Å². The lowest BCUT2D eigenvalue weighted by Crippen LogP contribution is -2.56. The fraction of sp³-hybridized carbons (Fsp3) is 0.571. The number of carbonyl (C=O) groups is 3. The van der Waals surface area contributed by atoms with Gasteiger partial charge in [-0.05, 0) is 49.3 Å². The third kappa shape index (κ3) is 5.31. The van der Waals surface area contributed by atoms with Crippen LogP contribution in [0.15, 0.2) is 24.3 Å². The molecule has 0 heterocycles. The van der Waals surface area contributed by atoms with Gasteiger partial charge >= 0.3 is 5.97 Å². The van der Waals surface area contributed by atoms with Gasteiger partial charge < -0.3 is 15.7 Å². The monoisotopic (exact) mass is 374 g/mol. The van der Waals surface area contributed by atoms with Crippen LogP contribution in [0.1, 0.15) is 69.3 Å².